The van der Waals surface area contributed by atoms with Crippen molar-refractivity contribution in [3.05, 3.63) is 82.5 Å². The van der Waals surface area contributed by atoms with Crippen LogP contribution in [-0.2, 0) is 10.5 Å². The van der Waals surface area contributed by atoms with Gasteiger partial charge in [-0.15, -0.1) is 11.8 Å². The molecule has 132 valence electrons. The normalized spacial score (nSPS) is 10.4. The van der Waals surface area contributed by atoms with Crippen LogP contribution in [0.4, 0.5) is 0 Å². The topological polar surface area (TPSA) is 48.4 Å². The van der Waals surface area contributed by atoms with E-state index < -0.39 is 0 Å². The standard InChI is InChI=1S/C20H16BrNO3S/c1-24-20(23)17-10-11-22-19(18(17)21)26-13-14-6-5-9-16(12-14)25-15-7-3-2-4-8-15/h2-12H,13H2,1H3. The molecule has 6 heteroatoms. The molecular formula is C20H16BrNO3S. The molecule has 1 aromatic heterocycles. The molecule has 0 fully saturated rings. The van der Waals surface area contributed by atoms with E-state index in [1.807, 2.05) is 54.6 Å². The van der Waals surface area contributed by atoms with E-state index in [-0.39, 0.29) is 5.97 Å². The molecule has 0 saturated heterocycles. The number of carbonyl (C=O) groups excluding carboxylic acids is 1. The minimum Gasteiger partial charge on any atom is -0.465 e. The van der Waals surface area contributed by atoms with Crippen LogP contribution in [0.1, 0.15) is 15.9 Å². The van der Waals surface area contributed by atoms with Crippen molar-refractivity contribution >= 4 is 33.7 Å². The minimum atomic E-state index is -0.389. The number of thioether (sulfide) groups is 1. The van der Waals surface area contributed by atoms with Crippen molar-refractivity contribution in [1.82, 2.24) is 4.98 Å². The maximum atomic E-state index is 11.8. The van der Waals surface area contributed by atoms with Crippen molar-refractivity contribution < 1.29 is 14.3 Å². The third-order valence-corrected chi connectivity index (χ3v) is 5.64. The molecule has 0 unspecified atom stereocenters. The molecule has 0 radical (unpaired) electrons. The number of methoxy groups -OCH3 is 1. The Morgan fingerprint density at radius 1 is 1.08 bits per heavy atom. The highest BCUT2D eigenvalue weighted by atomic mass is 79.9. The van der Waals surface area contributed by atoms with Crippen LogP contribution in [0.15, 0.2) is 76.4 Å². The molecule has 0 amide bonds. The number of benzene rings is 2. The van der Waals surface area contributed by atoms with Crippen molar-refractivity contribution in [1.29, 1.82) is 0 Å². The predicted molar refractivity (Wildman–Crippen MR) is 106 cm³/mol. The van der Waals surface area contributed by atoms with Crippen molar-refractivity contribution in [2.24, 2.45) is 0 Å². The zero-order valence-corrected chi connectivity index (χ0v) is 16.4. The van der Waals surface area contributed by atoms with Gasteiger partial charge >= 0.3 is 5.97 Å². The maximum Gasteiger partial charge on any atom is 0.339 e. The Kier molecular flexibility index (Phi) is 6.30. The van der Waals surface area contributed by atoms with Gasteiger partial charge in [0.15, 0.2) is 0 Å². The molecule has 0 spiro atoms. The van der Waals surface area contributed by atoms with Crippen LogP contribution in [0.5, 0.6) is 11.5 Å². The number of pyridine rings is 1. The van der Waals surface area contributed by atoms with Crippen LogP contribution in [-0.4, -0.2) is 18.1 Å². The van der Waals surface area contributed by atoms with Gasteiger partial charge in [0.25, 0.3) is 0 Å². The molecule has 0 aliphatic carbocycles. The smallest absolute Gasteiger partial charge is 0.339 e. The molecule has 3 rings (SSSR count). The number of para-hydroxylation sites is 1. The largest absolute Gasteiger partial charge is 0.465 e. The summed E-state index contributed by atoms with van der Waals surface area (Å²) in [6.45, 7) is 0. The van der Waals surface area contributed by atoms with Crippen molar-refractivity contribution in [2.75, 3.05) is 7.11 Å². The summed E-state index contributed by atoms with van der Waals surface area (Å²) >= 11 is 4.98. The Bertz CT molecular complexity index is 903. The minimum absolute atomic E-state index is 0.389. The highest BCUT2D eigenvalue weighted by molar-refractivity contribution is 9.10. The maximum absolute atomic E-state index is 11.8. The summed E-state index contributed by atoms with van der Waals surface area (Å²) in [5, 5.41) is 0.738. The first-order valence-corrected chi connectivity index (χ1v) is 9.62. The van der Waals surface area contributed by atoms with Crippen LogP contribution in [0.25, 0.3) is 0 Å². The van der Waals surface area contributed by atoms with Gasteiger partial charge in [0.1, 0.15) is 16.5 Å². The number of hydrogen-bond donors (Lipinski definition) is 0. The second-order valence-corrected chi connectivity index (χ2v) is 7.08. The zero-order valence-electron chi connectivity index (χ0n) is 14.0. The monoisotopic (exact) mass is 429 g/mol. The van der Waals surface area contributed by atoms with E-state index in [1.54, 1.807) is 12.3 Å². The Balaban J connectivity index is 1.71. The number of hydrogen-bond acceptors (Lipinski definition) is 5. The Morgan fingerprint density at radius 2 is 1.85 bits per heavy atom. The van der Waals surface area contributed by atoms with Crippen LogP contribution in [0, 0.1) is 0 Å². The van der Waals surface area contributed by atoms with E-state index in [0.717, 1.165) is 22.1 Å². The second-order valence-electron chi connectivity index (χ2n) is 5.32. The van der Waals surface area contributed by atoms with Gasteiger partial charge in [0, 0.05) is 11.9 Å². The lowest BCUT2D eigenvalue weighted by molar-refractivity contribution is 0.0599. The summed E-state index contributed by atoms with van der Waals surface area (Å²) < 4.78 is 11.3. The highest BCUT2D eigenvalue weighted by Crippen LogP contribution is 2.32. The number of ether oxygens (including phenoxy) is 2. The first-order valence-electron chi connectivity index (χ1n) is 7.85. The van der Waals surface area contributed by atoms with Gasteiger partial charge in [-0.05, 0) is 51.8 Å². The Morgan fingerprint density at radius 3 is 2.62 bits per heavy atom. The number of esters is 1. The van der Waals surface area contributed by atoms with Gasteiger partial charge in [0.05, 0.1) is 17.1 Å². The average Bonchev–Trinajstić information content (AvgIpc) is 2.68. The number of nitrogens with zero attached hydrogens (tertiary/aromatic N) is 1. The Hall–Kier alpha value is -2.31. The van der Waals surface area contributed by atoms with Crippen molar-refractivity contribution in [3.63, 3.8) is 0 Å². The second kappa shape index (κ2) is 8.87. The number of rotatable bonds is 6. The summed E-state index contributed by atoms with van der Waals surface area (Å²) in [4.78, 5) is 16.1. The highest BCUT2D eigenvalue weighted by Gasteiger charge is 2.14. The third-order valence-electron chi connectivity index (χ3n) is 3.52. The van der Waals surface area contributed by atoms with Crippen molar-refractivity contribution in [3.8, 4) is 11.5 Å². The molecular weight excluding hydrogens is 414 g/mol. The lowest BCUT2D eigenvalue weighted by Crippen LogP contribution is -2.03. The first-order chi connectivity index (χ1) is 12.7. The van der Waals surface area contributed by atoms with Crippen LogP contribution < -0.4 is 4.74 Å². The van der Waals surface area contributed by atoms with E-state index in [9.17, 15) is 4.79 Å². The van der Waals surface area contributed by atoms with E-state index in [1.165, 1.54) is 18.9 Å². The van der Waals surface area contributed by atoms with E-state index in [2.05, 4.69) is 20.9 Å². The van der Waals surface area contributed by atoms with E-state index in [4.69, 9.17) is 9.47 Å². The predicted octanol–water partition coefficient (Wildman–Crippen LogP) is 5.72. The molecule has 0 aliphatic rings. The molecule has 2 aromatic carbocycles. The third kappa shape index (κ3) is 4.65. The summed E-state index contributed by atoms with van der Waals surface area (Å²) in [6.07, 6.45) is 1.61. The molecule has 3 aromatic rings. The molecule has 4 nitrogen and oxygen atoms in total. The van der Waals surface area contributed by atoms with E-state index in [0.29, 0.717) is 15.8 Å². The average molecular weight is 430 g/mol. The summed E-state index contributed by atoms with van der Waals surface area (Å²) in [6, 6.07) is 19.2. The molecule has 0 N–H and O–H groups in total. The number of aromatic nitrogens is 1. The Labute approximate surface area is 164 Å². The van der Waals surface area contributed by atoms with Crippen LogP contribution >= 0.6 is 27.7 Å². The SMILES string of the molecule is COC(=O)c1ccnc(SCc2cccc(Oc3ccccc3)c2)c1Br. The number of carbonyl (C=O) groups is 1. The van der Waals surface area contributed by atoms with E-state index >= 15 is 0 Å². The van der Waals surface area contributed by atoms with Gasteiger partial charge in [-0.1, -0.05) is 30.3 Å². The molecule has 0 saturated carbocycles. The fraction of sp³-hybridized carbons (Fsp3) is 0.100. The fourth-order valence-electron chi connectivity index (χ4n) is 2.27. The van der Waals surface area contributed by atoms with Gasteiger partial charge in [-0.3, -0.25) is 0 Å². The fourth-order valence-corrected chi connectivity index (χ4v) is 3.86. The first kappa shape index (κ1) is 18.5. The number of halogens is 1. The summed E-state index contributed by atoms with van der Waals surface area (Å²) in [5.41, 5.74) is 1.56. The van der Waals surface area contributed by atoms with Crippen LogP contribution in [0.3, 0.4) is 0 Å². The van der Waals surface area contributed by atoms with Crippen LogP contribution in [0.2, 0.25) is 0 Å². The lowest BCUT2D eigenvalue weighted by Gasteiger charge is -2.09. The molecule has 1 heterocycles. The van der Waals surface area contributed by atoms with Gasteiger partial charge < -0.3 is 9.47 Å². The van der Waals surface area contributed by atoms with Gasteiger partial charge in [-0.25, -0.2) is 9.78 Å². The molecule has 0 atom stereocenters. The molecule has 0 aliphatic heterocycles. The van der Waals surface area contributed by atoms with Gasteiger partial charge in [-0.2, -0.15) is 0 Å². The molecule has 26 heavy (non-hydrogen) atoms. The zero-order chi connectivity index (χ0) is 18.4. The lowest BCUT2D eigenvalue weighted by atomic mass is 10.2. The van der Waals surface area contributed by atoms with Gasteiger partial charge in [0.2, 0.25) is 0 Å². The molecule has 0 bridgehead atoms. The summed E-state index contributed by atoms with van der Waals surface area (Å²) in [7, 11) is 1.36. The summed E-state index contributed by atoms with van der Waals surface area (Å²) in [5.74, 6) is 1.89. The quantitative estimate of drug-likeness (QED) is 0.370. The van der Waals surface area contributed by atoms with Crippen molar-refractivity contribution in [2.45, 2.75) is 10.8 Å².